The molecule has 0 aromatic heterocycles. The fourth-order valence-corrected chi connectivity index (χ4v) is 2.12. The van der Waals surface area contributed by atoms with Gasteiger partial charge in [0.05, 0.1) is 5.69 Å². The van der Waals surface area contributed by atoms with Crippen molar-refractivity contribution in [1.29, 1.82) is 0 Å². The Kier molecular flexibility index (Phi) is 5.67. The molecule has 1 aromatic carbocycles. The third kappa shape index (κ3) is 4.38. The van der Waals surface area contributed by atoms with Crippen LogP contribution in [0.3, 0.4) is 0 Å². The maximum Gasteiger partial charge on any atom is 0.316 e. The molecular formula is C12H15NO4S. The van der Waals surface area contributed by atoms with Crippen LogP contribution >= 0.6 is 11.8 Å². The van der Waals surface area contributed by atoms with E-state index in [1.165, 1.54) is 18.9 Å². The number of thioether (sulfide) groups is 1. The summed E-state index contributed by atoms with van der Waals surface area (Å²) in [4.78, 5) is 23.0. The predicted molar refractivity (Wildman–Crippen MR) is 69.9 cm³/mol. The topological polar surface area (TPSA) is 75.6 Å². The normalized spacial score (nSPS) is 11.9. The zero-order valence-corrected chi connectivity index (χ0v) is 11.0. The van der Waals surface area contributed by atoms with Gasteiger partial charge >= 0.3 is 5.97 Å². The van der Waals surface area contributed by atoms with E-state index in [1.54, 1.807) is 31.2 Å². The molecule has 0 aliphatic rings. The van der Waals surface area contributed by atoms with Crippen molar-refractivity contribution < 1.29 is 19.4 Å². The van der Waals surface area contributed by atoms with Crippen LogP contribution in [0.15, 0.2) is 29.2 Å². The molecule has 0 fully saturated rings. The summed E-state index contributed by atoms with van der Waals surface area (Å²) in [7, 11) is 1.44. The largest absolute Gasteiger partial charge is 0.480 e. The number of methoxy groups -OCH3 is 1. The predicted octanol–water partition coefficient (Wildman–Crippen LogP) is 1.84. The number of carbonyl (C=O) groups is 2. The van der Waals surface area contributed by atoms with Crippen molar-refractivity contribution in [2.45, 2.75) is 17.1 Å². The quantitative estimate of drug-likeness (QED) is 0.771. The first-order valence-electron chi connectivity index (χ1n) is 5.32. The number of nitrogens with one attached hydrogen (secondary N) is 1. The fraction of sp³-hybridized carbons (Fsp3) is 0.333. The van der Waals surface area contributed by atoms with Crippen LogP contribution in [0.2, 0.25) is 0 Å². The average molecular weight is 269 g/mol. The molecule has 1 atom stereocenters. The zero-order chi connectivity index (χ0) is 13.5. The first kappa shape index (κ1) is 14.5. The third-order valence-corrected chi connectivity index (χ3v) is 3.25. The molecule has 0 aliphatic carbocycles. The van der Waals surface area contributed by atoms with E-state index in [2.05, 4.69) is 5.32 Å². The average Bonchev–Trinajstić information content (AvgIpc) is 2.31. The number of ether oxygens (including phenoxy) is 1. The summed E-state index contributed by atoms with van der Waals surface area (Å²) in [6, 6.07) is 7.07. The Hall–Kier alpha value is -1.53. The number of amides is 1. The van der Waals surface area contributed by atoms with Gasteiger partial charge in [0.2, 0.25) is 5.91 Å². The first-order chi connectivity index (χ1) is 8.54. The Labute approximate surface area is 110 Å². The number of anilines is 1. The molecule has 0 saturated carbocycles. The van der Waals surface area contributed by atoms with Crippen LogP contribution in [-0.4, -0.2) is 35.9 Å². The Bertz CT molecular complexity index is 436. The Balaban J connectivity index is 2.79. The maximum atomic E-state index is 11.4. The highest BCUT2D eigenvalue weighted by Gasteiger charge is 2.15. The van der Waals surface area contributed by atoms with Crippen molar-refractivity contribution in [1.82, 2.24) is 0 Å². The number of benzene rings is 1. The van der Waals surface area contributed by atoms with Gasteiger partial charge in [0.15, 0.2) is 0 Å². The maximum absolute atomic E-state index is 11.4. The van der Waals surface area contributed by atoms with Crippen LogP contribution in [0.1, 0.15) is 6.92 Å². The molecule has 0 spiro atoms. The molecule has 1 aromatic rings. The standard InChI is InChI=1S/C12H15NO4S/c1-8(12(15)16)18-10-6-4-3-5-9(10)13-11(14)7-17-2/h3-6,8H,7H2,1-2H3,(H,13,14)(H,15,16). The van der Waals surface area contributed by atoms with Crippen LogP contribution in [0.4, 0.5) is 5.69 Å². The summed E-state index contributed by atoms with van der Waals surface area (Å²) < 4.78 is 4.72. The molecule has 1 unspecified atom stereocenters. The van der Waals surface area contributed by atoms with E-state index in [-0.39, 0.29) is 12.5 Å². The molecule has 1 amide bonds. The number of hydrogen-bond acceptors (Lipinski definition) is 4. The van der Waals surface area contributed by atoms with Crippen molar-refractivity contribution in [2.75, 3.05) is 19.0 Å². The summed E-state index contributed by atoms with van der Waals surface area (Å²) >= 11 is 1.18. The van der Waals surface area contributed by atoms with Gasteiger partial charge in [-0.15, -0.1) is 11.8 Å². The summed E-state index contributed by atoms with van der Waals surface area (Å²) in [5, 5.41) is 11.0. The molecule has 2 N–H and O–H groups in total. The molecule has 0 radical (unpaired) electrons. The van der Waals surface area contributed by atoms with E-state index in [9.17, 15) is 9.59 Å². The van der Waals surface area contributed by atoms with E-state index in [0.717, 1.165) is 4.90 Å². The van der Waals surface area contributed by atoms with Gasteiger partial charge in [-0.25, -0.2) is 0 Å². The number of para-hydroxylation sites is 1. The number of hydrogen-bond donors (Lipinski definition) is 2. The van der Waals surface area contributed by atoms with E-state index in [4.69, 9.17) is 9.84 Å². The highest BCUT2D eigenvalue weighted by molar-refractivity contribution is 8.00. The van der Waals surface area contributed by atoms with Crippen molar-refractivity contribution >= 4 is 29.3 Å². The van der Waals surface area contributed by atoms with Gasteiger partial charge in [0.25, 0.3) is 0 Å². The lowest BCUT2D eigenvalue weighted by molar-refractivity contribution is -0.136. The van der Waals surface area contributed by atoms with Crippen LogP contribution in [0.25, 0.3) is 0 Å². The van der Waals surface area contributed by atoms with Gasteiger partial charge in [0.1, 0.15) is 11.9 Å². The minimum Gasteiger partial charge on any atom is -0.480 e. The summed E-state index contributed by atoms with van der Waals surface area (Å²) in [5.41, 5.74) is 0.595. The number of carboxylic acid groups (broad SMARTS) is 1. The van der Waals surface area contributed by atoms with Gasteiger partial charge in [-0.2, -0.15) is 0 Å². The van der Waals surface area contributed by atoms with Gasteiger partial charge in [-0.1, -0.05) is 12.1 Å². The molecule has 18 heavy (non-hydrogen) atoms. The van der Waals surface area contributed by atoms with Crippen molar-refractivity contribution in [3.8, 4) is 0 Å². The number of carboxylic acids is 1. The lowest BCUT2D eigenvalue weighted by Gasteiger charge is -2.12. The first-order valence-corrected chi connectivity index (χ1v) is 6.20. The highest BCUT2D eigenvalue weighted by atomic mass is 32.2. The molecular weight excluding hydrogens is 254 g/mol. The summed E-state index contributed by atoms with van der Waals surface area (Å²) in [6.07, 6.45) is 0. The lowest BCUT2D eigenvalue weighted by atomic mass is 10.3. The van der Waals surface area contributed by atoms with Gasteiger partial charge in [-0.3, -0.25) is 9.59 Å². The van der Waals surface area contributed by atoms with Gasteiger partial charge in [0, 0.05) is 12.0 Å². The second-order valence-electron chi connectivity index (χ2n) is 3.58. The molecule has 0 bridgehead atoms. The number of aliphatic carboxylic acids is 1. The minimum atomic E-state index is -0.891. The molecule has 6 heteroatoms. The smallest absolute Gasteiger partial charge is 0.316 e. The fourth-order valence-electron chi connectivity index (χ4n) is 1.23. The summed E-state index contributed by atoms with van der Waals surface area (Å²) in [5.74, 6) is -1.16. The van der Waals surface area contributed by atoms with Crippen molar-refractivity contribution in [3.63, 3.8) is 0 Å². The molecule has 98 valence electrons. The van der Waals surface area contributed by atoms with Gasteiger partial charge < -0.3 is 15.2 Å². The second kappa shape index (κ2) is 7.03. The van der Waals surface area contributed by atoms with Crippen LogP contribution in [-0.2, 0) is 14.3 Å². The van der Waals surface area contributed by atoms with Gasteiger partial charge in [-0.05, 0) is 19.1 Å². The minimum absolute atomic E-state index is 0.0342. The van der Waals surface area contributed by atoms with Crippen LogP contribution in [0, 0.1) is 0 Å². The van der Waals surface area contributed by atoms with E-state index >= 15 is 0 Å². The second-order valence-corrected chi connectivity index (χ2v) is 4.96. The van der Waals surface area contributed by atoms with E-state index < -0.39 is 11.2 Å². The SMILES string of the molecule is COCC(=O)Nc1ccccc1SC(C)C(=O)O. The number of carbonyl (C=O) groups excluding carboxylic acids is 1. The lowest BCUT2D eigenvalue weighted by Crippen LogP contribution is -2.18. The zero-order valence-electron chi connectivity index (χ0n) is 10.2. The Morgan fingerprint density at radius 2 is 2.11 bits per heavy atom. The molecule has 0 aliphatic heterocycles. The van der Waals surface area contributed by atoms with E-state index in [1.807, 2.05) is 0 Å². The van der Waals surface area contributed by atoms with E-state index in [0.29, 0.717) is 5.69 Å². The molecule has 0 heterocycles. The highest BCUT2D eigenvalue weighted by Crippen LogP contribution is 2.30. The molecule has 1 rings (SSSR count). The molecule has 5 nitrogen and oxygen atoms in total. The third-order valence-electron chi connectivity index (χ3n) is 2.09. The van der Waals surface area contributed by atoms with Crippen LogP contribution < -0.4 is 5.32 Å². The monoisotopic (exact) mass is 269 g/mol. The molecule has 0 saturated heterocycles. The van der Waals surface area contributed by atoms with Crippen molar-refractivity contribution in [2.24, 2.45) is 0 Å². The Morgan fingerprint density at radius 1 is 1.44 bits per heavy atom. The number of rotatable bonds is 6. The Morgan fingerprint density at radius 3 is 2.72 bits per heavy atom. The van der Waals surface area contributed by atoms with Crippen molar-refractivity contribution in [3.05, 3.63) is 24.3 Å². The summed E-state index contributed by atoms with van der Waals surface area (Å²) in [6.45, 7) is 1.56. The van der Waals surface area contributed by atoms with Crippen LogP contribution in [0.5, 0.6) is 0 Å².